The van der Waals surface area contributed by atoms with Gasteiger partial charge < -0.3 is 9.84 Å². The summed E-state index contributed by atoms with van der Waals surface area (Å²) in [5.74, 6) is 1.48. The largest absolute Gasteiger partial charge is 0.496 e. The normalized spacial score (nSPS) is 12.4. The van der Waals surface area contributed by atoms with Gasteiger partial charge in [-0.3, -0.25) is 0 Å². The molecular formula is C14H19N3O2. The summed E-state index contributed by atoms with van der Waals surface area (Å²) in [5, 5.41) is 13.9. The average Bonchev–Trinajstić information content (AvgIpc) is 2.86. The quantitative estimate of drug-likeness (QED) is 0.894. The minimum Gasteiger partial charge on any atom is -0.496 e. The molecule has 0 radical (unpaired) electrons. The summed E-state index contributed by atoms with van der Waals surface area (Å²) in [6.45, 7) is 4.38. The van der Waals surface area contributed by atoms with Crippen LogP contribution in [0.15, 0.2) is 24.5 Å². The molecule has 2 rings (SSSR count). The highest BCUT2D eigenvalue weighted by Gasteiger charge is 2.14. The van der Waals surface area contributed by atoms with E-state index in [0.29, 0.717) is 18.8 Å². The zero-order valence-corrected chi connectivity index (χ0v) is 11.5. The van der Waals surface area contributed by atoms with E-state index in [-0.39, 0.29) is 0 Å². The van der Waals surface area contributed by atoms with E-state index in [1.807, 2.05) is 32.0 Å². The van der Waals surface area contributed by atoms with Gasteiger partial charge in [0, 0.05) is 0 Å². The molecule has 0 aliphatic carbocycles. The number of benzene rings is 1. The molecule has 5 heteroatoms. The van der Waals surface area contributed by atoms with Gasteiger partial charge in [-0.15, -0.1) is 0 Å². The number of aromatic nitrogens is 3. The van der Waals surface area contributed by atoms with Crippen molar-refractivity contribution in [1.29, 1.82) is 0 Å². The summed E-state index contributed by atoms with van der Waals surface area (Å²) in [6.07, 6.45) is 1.76. The highest BCUT2D eigenvalue weighted by Crippen LogP contribution is 2.29. The Morgan fingerprint density at radius 1 is 1.42 bits per heavy atom. The summed E-state index contributed by atoms with van der Waals surface area (Å²) in [4.78, 5) is 4.27. The Balaban J connectivity index is 2.39. The Morgan fingerprint density at radius 2 is 2.21 bits per heavy atom. The number of ether oxygens (including phenoxy) is 1. The van der Waals surface area contributed by atoms with E-state index in [1.165, 1.54) is 6.33 Å². The smallest absolute Gasteiger partial charge is 0.161 e. The van der Waals surface area contributed by atoms with Crippen molar-refractivity contribution < 1.29 is 9.84 Å². The van der Waals surface area contributed by atoms with Crippen LogP contribution in [0, 0.1) is 6.92 Å². The Labute approximate surface area is 112 Å². The van der Waals surface area contributed by atoms with Crippen molar-refractivity contribution in [2.75, 3.05) is 7.11 Å². The van der Waals surface area contributed by atoms with Crippen LogP contribution in [0.3, 0.4) is 0 Å². The van der Waals surface area contributed by atoms with Crippen LogP contribution in [0.4, 0.5) is 0 Å². The standard InChI is InChI=1S/C14H19N3O2/c1-4-11(18)8-17-14(15-9-16-17)12-6-5-10(2)7-13(12)19-3/h5-7,9,11,18H,4,8H2,1-3H3. The maximum atomic E-state index is 9.75. The van der Waals surface area contributed by atoms with Gasteiger partial charge in [0.15, 0.2) is 5.82 Å². The van der Waals surface area contributed by atoms with Crippen LogP contribution < -0.4 is 4.74 Å². The first-order valence-corrected chi connectivity index (χ1v) is 6.36. The van der Waals surface area contributed by atoms with Crippen molar-refractivity contribution in [3.05, 3.63) is 30.1 Å². The third-order valence-corrected chi connectivity index (χ3v) is 3.07. The van der Waals surface area contributed by atoms with Crippen molar-refractivity contribution in [2.24, 2.45) is 0 Å². The number of rotatable bonds is 5. The van der Waals surface area contributed by atoms with Gasteiger partial charge in [0.25, 0.3) is 0 Å². The maximum absolute atomic E-state index is 9.75. The van der Waals surface area contributed by atoms with Crippen molar-refractivity contribution >= 4 is 0 Å². The lowest BCUT2D eigenvalue weighted by molar-refractivity contribution is 0.146. The van der Waals surface area contributed by atoms with Gasteiger partial charge in [0.05, 0.1) is 25.3 Å². The lowest BCUT2D eigenvalue weighted by Crippen LogP contribution is -2.16. The fourth-order valence-corrected chi connectivity index (χ4v) is 1.92. The molecular weight excluding hydrogens is 242 g/mol. The van der Waals surface area contributed by atoms with E-state index in [2.05, 4.69) is 10.1 Å². The maximum Gasteiger partial charge on any atom is 0.161 e. The molecule has 2 aromatic rings. The molecule has 102 valence electrons. The number of aliphatic hydroxyl groups excluding tert-OH is 1. The van der Waals surface area contributed by atoms with Crippen LogP contribution in [0.25, 0.3) is 11.4 Å². The molecule has 1 aromatic heterocycles. The lowest BCUT2D eigenvalue weighted by atomic mass is 10.1. The first-order chi connectivity index (χ1) is 9.15. The third kappa shape index (κ3) is 2.93. The molecule has 0 fully saturated rings. The topological polar surface area (TPSA) is 60.2 Å². The van der Waals surface area contributed by atoms with Crippen molar-refractivity contribution in [1.82, 2.24) is 14.8 Å². The van der Waals surface area contributed by atoms with E-state index in [9.17, 15) is 5.11 Å². The second kappa shape index (κ2) is 5.84. The highest BCUT2D eigenvalue weighted by molar-refractivity contribution is 5.64. The molecule has 1 atom stereocenters. The second-order valence-corrected chi connectivity index (χ2v) is 4.53. The monoisotopic (exact) mass is 261 g/mol. The molecule has 1 N–H and O–H groups in total. The van der Waals surface area contributed by atoms with Crippen LogP contribution in [-0.2, 0) is 6.54 Å². The van der Waals surface area contributed by atoms with E-state index in [0.717, 1.165) is 16.9 Å². The van der Waals surface area contributed by atoms with Crippen molar-refractivity contribution in [2.45, 2.75) is 32.9 Å². The molecule has 1 aromatic carbocycles. The summed E-state index contributed by atoms with van der Waals surface area (Å²) in [5.41, 5.74) is 2.01. The zero-order chi connectivity index (χ0) is 13.8. The number of hydrogen-bond donors (Lipinski definition) is 1. The van der Waals surface area contributed by atoms with E-state index >= 15 is 0 Å². The molecule has 0 spiro atoms. The Kier molecular flexibility index (Phi) is 4.16. The van der Waals surface area contributed by atoms with Gasteiger partial charge in [0.1, 0.15) is 12.1 Å². The van der Waals surface area contributed by atoms with Crippen LogP contribution >= 0.6 is 0 Å². The summed E-state index contributed by atoms with van der Waals surface area (Å²) < 4.78 is 7.10. The van der Waals surface area contributed by atoms with Crippen LogP contribution in [0.5, 0.6) is 5.75 Å². The predicted molar refractivity (Wildman–Crippen MR) is 73.0 cm³/mol. The third-order valence-electron chi connectivity index (χ3n) is 3.07. The summed E-state index contributed by atoms with van der Waals surface area (Å²) in [6, 6.07) is 5.94. The Bertz CT molecular complexity index is 551. The number of methoxy groups -OCH3 is 1. The molecule has 0 bridgehead atoms. The van der Waals surface area contributed by atoms with Gasteiger partial charge in [-0.05, 0) is 31.0 Å². The molecule has 0 saturated carbocycles. The molecule has 0 aliphatic rings. The molecule has 0 saturated heterocycles. The molecule has 19 heavy (non-hydrogen) atoms. The number of hydrogen-bond acceptors (Lipinski definition) is 4. The van der Waals surface area contributed by atoms with Gasteiger partial charge in [0.2, 0.25) is 0 Å². The summed E-state index contributed by atoms with van der Waals surface area (Å²) >= 11 is 0. The van der Waals surface area contributed by atoms with Gasteiger partial charge in [-0.25, -0.2) is 9.67 Å². The SMILES string of the molecule is CCC(O)Cn1ncnc1-c1ccc(C)cc1OC. The molecule has 0 amide bonds. The fourth-order valence-electron chi connectivity index (χ4n) is 1.92. The molecule has 5 nitrogen and oxygen atoms in total. The minimum absolute atomic E-state index is 0.420. The average molecular weight is 261 g/mol. The number of nitrogens with zero attached hydrogens (tertiary/aromatic N) is 3. The first kappa shape index (κ1) is 13.5. The van der Waals surface area contributed by atoms with Crippen LogP contribution in [0.1, 0.15) is 18.9 Å². The minimum atomic E-state index is -0.420. The number of aryl methyl sites for hydroxylation is 1. The zero-order valence-electron chi connectivity index (χ0n) is 11.5. The molecule has 0 aliphatic heterocycles. The second-order valence-electron chi connectivity index (χ2n) is 4.53. The highest BCUT2D eigenvalue weighted by atomic mass is 16.5. The van der Waals surface area contributed by atoms with E-state index in [4.69, 9.17) is 4.74 Å². The van der Waals surface area contributed by atoms with E-state index in [1.54, 1.807) is 11.8 Å². The van der Waals surface area contributed by atoms with Gasteiger partial charge in [-0.2, -0.15) is 5.10 Å². The van der Waals surface area contributed by atoms with Gasteiger partial charge in [-0.1, -0.05) is 13.0 Å². The first-order valence-electron chi connectivity index (χ1n) is 6.36. The lowest BCUT2D eigenvalue weighted by Gasteiger charge is -2.12. The molecule has 1 heterocycles. The van der Waals surface area contributed by atoms with Gasteiger partial charge >= 0.3 is 0 Å². The Hall–Kier alpha value is -1.88. The fraction of sp³-hybridized carbons (Fsp3) is 0.429. The summed E-state index contributed by atoms with van der Waals surface area (Å²) in [7, 11) is 1.64. The number of aliphatic hydroxyl groups is 1. The predicted octanol–water partition coefficient (Wildman–Crippen LogP) is 2.03. The Morgan fingerprint density at radius 3 is 2.89 bits per heavy atom. The van der Waals surface area contributed by atoms with Crippen molar-refractivity contribution in [3.63, 3.8) is 0 Å². The van der Waals surface area contributed by atoms with Crippen LogP contribution in [-0.4, -0.2) is 33.1 Å². The van der Waals surface area contributed by atoms with Crippen LogP contribution in [0.2, 0.25) is 0 Å². The van der Waals surface area contributed by atoms with Crippen molar-refractivity contribution in [3.8, 4) is 17.1 Å². The molecule has 1 unspecified atom stereocenters. The van der Waals surface area contributed by atoms with E-state index < -0.39 is 6.10 Å².